The lowest BCUT2D eigenvalue weighted by Crippen LogP contribution is -2.38. The van der Waals surface area contributed by atoms with Gasteiger partial charge in [-0.25, -0.2) is 0 Å². The van der Waals surface area contributed by atoms with E-state index in [1.165, 1.54) is 0 Å². The largest absolute Gasteiger partial charge is 0.489 e. The Morgan fingerprint density at radius 1 is 0.828 bits per heavy atom. The summed E-state index contributed by atoms with van der Waals surface area (Å²) in [4.78, 5) is 11.4. The second-order valence-corrected chi connectivity index (χ2v) is 6.89. The minimum Gasteiger partial charge on any atom is -0.489 e. The number of hydrogen-bond donors (Lipinski definition) is 1. The van der Waals surface area contributed by atoms with E-state index in [0.717, 1.165) is 16.7 Å². The highest BCUT2D eigenvalue weighted by molar-refractivity contribution is 5.77. The topological polar surface area (TPSA) is 56.8 Å². The summed E-state index contributed by atoms with van der Waals surface area (Å²) in [6, 6.07) is 25.8. The predicted octanol–water partition coefficient (Wildman–Crippen LogP) is 4.03. The molecule has 1 saturated heterocycles. The van der Waals surface area contributed by atoms with Crippen molar-refractivity contribution < 1.29 is 19.0 Å². The molecular weight excluding hydrogens is 366 g/mol. The van der Waals surface area contributed by atoms with Crippen molar-refractivity contribution in [1.29, 1.82) is 0 Å². The van der Waals surface area contributed by atoms with E-state index >= 15 is 0 Å². The third kappa shape index (κ3) is 5.36. The predicted molar refractivity (Wildman–Crippen MR) is 110 cm³/mol. The number of morpholine rings is 1. The van der Waals surface area contributed by atoms with Gasteiger partial charge in [-0.2, -0.15) is 0 Å². The van der Waals surface area contributed by atoms with Crippen molar-refractivity contribution in [2.75, 3.05) is 13.2 Å². The molecule has 0 bridgehead atoms. The van der Waals surface area contributed by atoms with Gasteiger partial charge in [0.15, 0.2) is 0 Å². The molecule has 0 radical (unpaired) electrons. The average Bonchev–Trinajstić information content (AvgIpc) is 2.78. The summed E-state index contributed by atoms with van der Waals surface area (Å²) < 4.78 is 17.7. The van der Waals surface area contributed by atoms with Gasteiger partial charge in [-0.15, -0.1) is 0 Å². The van der Waals surface area contributed by atoms with Gasteiger partial charge in [0.05, 0.1) is 0 Å². The molecule has 1 amide bonds. The molecular formula is C24H23NO4. The van der Waals surface area contributed by atoms with Crippen LogP contribution in [0.25, 0.3) is 0 Å². The Kier molecular flexibility index (Phi) is 6.07. The van der Waals surface area contributed by atoms with Crippen LogP contribution in [0.2, 0.25) is 0 Å². The average molecular weight is 389 g/mol. The van der Waals surface area contributed by atoms with Crippen LogP contribution in [0.15, 0.2) is 78.9 Å². The monoisotopic (exact) mass is 389 g/mol. The van der Waals surface area contributed by atoms with E-state index in [2.05, 4.69) is 5.32 Å². The molecule has 1 fully saturated rings. The fourth-order valence-corrected chi connectivity index (χ4v) is 3.13. The molecule has 1 aliphatic heterocycles. The lowest BCUT2D eigenvalue weighted by atomic mass is 10.1. The van der Waals surface area contributed by atoms with Gasteiger partial charge >= 0.3 is 0 Å². The summed E-state index contributed by atoms with van der Waals surface area (Å²) in [5.74, 6) is 1.31. The molecule has 0 unspecified atom stereocenters. The van der Waals surface area contributed by atoms with E-state index in [4.69, 9.17) is 14.2 Å². The Bertz CT molecular complexity index is 872. The number of amides is 1. The van der Waals surface area contributed by atoms with Crippen LogP contribution in [0.1, 0.15) is 22.8 Å². The van der Waals surface area contributed by atoms with Crippen molar-refractivity contribution in [1.82, 2.24) is 5.32 Å². The smallest absolute Gasteiger partial charge is 0.246 e. The molecule has 0 spiro atoms. The maximum Gasteiger partial charge on any atom is 0.246 e. The first kappa shape index (κ1) is 19.0. The van der Waals surface area contributed by atoms with E-state index in [9.17, 15) is 4.79 Å². The molecule has 29 heavy (non-hydrogen) atoms. The van der Waals surface area contributed by atoms with Crippen molar-refractivity contribution in [3.63, 3.8) is 0 Å². The Labute approximate surface area is 170 Å². The number of ether oxygens (including phenoxy) is 3. The van der Waals surface area contributed by atoms with Crippen LogP contribution in [0, 0.1) is 0 Å². The van der Waals surface area contributed by atoms with Crippen molar-refractivity contribution in [3.05, 3.63) is 95.6 Å². The number of carbonyl (C=O) groups is 1. The molecule has 5 heteroatoms. The van der Waals surface area contributed by atoms with Gasteiger partial charge in [-0.05, 0) is 28.8 Å². The van der Waals surface area contributed by atoms with Gasteiger partial charge in [0.2, 0.25) is 5.91 Å². The molecule has 1 aliphatic rings. The van der Waals surface area contributed by atoms with Gasteiger partial charge in [-0.3, -0.25) is 4.79 Å². The lowest BCUT2D eigenvalue weighted by Gasteiger charge is -2.24. The van der Waals surface area contributed by atoms with Crippen LogP contribution in [0.3, 0.4) is 0 Å². The number of hydrogen-bond acceptors (Lipinski definition) is 4. The van der Waals surface area contributed by atoms with Crippen molar-refractivity contribution in [2.45, 2.75) is 19.3 Å². The van der Waals surface area contributed by atoms with E-state index in [-0.39, 0.29) is 18.6 Å². The van der Waals surface area contributed by atoms with Crippen LogP contribution in [-0.2, 0) is 22.7 Å². The van der Waals surface area contributed by atoms with E-state index in [1.54, 1.807) is 0 Å². The maximum absolute atomic E-state index is 11.4. The zero-order valence-electron chi connectivity index (χ0n) is 16.0. The van der Waals surface area contributed by atoms with Gasteiger partial charge in [0.1, 0.15) is 37.4 Å². The summed E-state index contributed by atoms with van der Waals surface area (Å²) in [5, 5.41) is 2.84. The quantitative estimate of drug-likeness (QED) is 0.663. The summed E-state index contributed by atoms with van der Waals surface area (Å²) >= 11 is 0. The van der Waals surface area contributed by atoms with E-state index in [1.807, 2.05) is 78.9 Å². The zero-order valence-corrected chi connectivity index (χ0v) is 16.0. The number of carbonyl (C=O) groups excluding carboxylic acids is 1. The highest BCUT2D eigenvalue weighted by atomic mass is 16.5. The zero-order chi connectivity index (χ0) is 19.9. The fourth-order valence-electron chi connectivity index (χ4n) is 3.13. The van der Waals surface area contributed by atoms with Crippen LogP contribution >= 0.6 is 0 Å². The minimum absolute atomic E-state index is 0.0555. The third-order valence-corrected chi connectivity index (χ3v) is 4.67. The van der Waals surface area contributed by atoms with Gasteiger partial charge in [-0.1, -0.05) is 60.7 Å². The number of benzene rings is 3. The number of nitrogens with one attached hydrogen (secondary N) is 1. The molecule has 0 aliphatic carbocycles. The Hall–Kier alpha value is -3.31. The van der Waals surface area contributed by atoms with Gasteiger partial charge in [0, 0.05) is 12.6 Å². The Balaban J connectivity index is 1.52. The van der Waals surface area contributed by atoms with Gasteiger partial charge in [0.25, 0.3) is 0 Å². The van der Waals surface area contributed by atoms with Crippen molar-refractivity contribution in [3.8, 4) is 11.5 Å². The van der Waals surface area contributed by atoms with Crippen molar-refractivity contribution in [2.24, 2.45) is 0 Å². The van der Waals surface area contributed by atoms with Crippen LogP contribution in [0.5, 0.6) is 11.5 Å². The second kappa shape index (κ2) is 9.26. The first-order valence-electron chi connectivity index (χ1n) is 9.63. The summed E-state index contributed by atoms with van der Waals surface area (Å²) in [7, 11) is 0. The molecule has 1 heterocycles. The molecule has 0 aromatic heterocycles. The number of rotatable bonds is 7. The molecule has 0 saturated carbocycles. The summed E-state index contributed by atoms with van der Waals surface area (Å²) in [6.07, 6.45) is -0.230. The highest BCUT2D eigenvalue weighted by Gasteiger charge is 2.21. The first-order chi connectivity index (χ1) is 14.3. The Morgan fingerprint density at radius 2 is 1.38 bits per heavy atom. The fraction of sp³-hybridized carbons (Fsp3) is 0.208. The molecule has 1 atom stereocenters. The molecule has 1 N–H and O–H groups in total. The molecule has 5 nitrogen and oxygen atoms in total. The second-order valence-electron chi connectivity index (χ2n) is 6.89. The van der Waals surface area contributed by atoms with E-state index < -0.39 is 0 Å². The molecule has 4 rings (SSSR count). The highest BCUT2D eigenvalue weighted by Crippen LogP contribution is 2.30. The maximum atomic E-state index is 11.4. The van der Waals surface area contributed by atoms with Crippen LogP contribution < -0.4 is 14.8 Å². The molecule has 3 aromatic carbocycles. The normalized spacial score (nSPS) is 16.1. The minimum atomic E-state index is -0.230. The van der Waals surface area contributed by atoms with E-state index in [0.29, 0.717) is 31.3 Å². The first-order valence-corrected chi connectivity index (χ1v) is 9.63. The van der Waals surface area contributed by atoms with Crippen molar-refractivity contribution >= 4 is 5.91 Å². The SMILES string of the molecule is O=C1CO[C@@H](c2cc(OCc3ccccc3)cc(OCc3ccccc3)c2)CN1. The molecule has 3 aromatic rings. The van der Waals surface area contributed by atoms with Crippen LogP contribution in [-0.4, -0.2) is 19.1 Å². The van der Waals surface area contributed by atoms with Crippen LogP contribution in [0.4, 0.5) is 0 Å². The Morgan fingerprint density at radius 3 is 1.86 bits per heavy atom. The van der Waals surface area contributed by atoms with Gasteiger partial charge < -0.3 is 19.5 Å². The third-order valence-electron chi connectivity index (χ3n) is 4.67. The summed E-state index contributed by atoms with van der Waals surface area (Å²) in [5.41, 5.74) is 3.09. The molecule has 148 valence electrons. The summed E-state index contributed by atoms with van der Waals surface area (Å²) in [6.45, 7) is 1.41. The lowest BCUT2D eigenvalue weighted by molar-refractivity contribution is -0.133. The standard InChI is InChI=1S/C24H23NO4/c26-24-17-29-23(14-25-24)20-11-21(27-15-18-7-3-1-4-8-18)13-22(12-20)28-16-19-9-5-2-6-10-19/h1-13,23H,14-17H2,(H,25,26)/t23-/m1/s1.